The maximum Gasteiger partial charge on any atom is 0.222 e. The summed E-state index contributed by atoms with van der Waals surface area (Å²) in [6.07, 6.45) is 1.43. The van der Waals surface area contributed by atoms with Gasteiger partial charge in [-0.05, 0) is 12.8 Å². The van der Waals surface area contributed by atoms with Gasteiger partial charge in [0.15, 0.2) is 9.84 Å². The van der Waals surface area contributed by atoms with Crippen LogP contribution < -0.4 is 5.32 Å². The first kappa shape index (κ1) is 11.5. The van der Waals surface area contributed by atoms with E-state index in [0.29, 0.717) is 6.42 Å². The van der Waals surface area contributed by atoms with Gasteiger partial charge >= 0.3 is 0 Å². The fourth-order valence-electron chi connectivity index (χ4n) is 1.50. The number of hydrogen-bond donors (Lipinski definition) is 1. The third kappa shape index (κ3) is 3.29. The van der Waals surface area contributed by atoms with E-state index in [1.807, 2.05) is 0 Å². The Morgan fingerprint density at radius 3 is 2.57 bits per heavy atom. The second-order valence-corrected chi connectivity index (χ2v) is 6.35. The Hall–Kier alpha value is -0.580. The molecule has 1 N–H and O–H groups in total. The largest absolute Gasteiger partial charge is 0.352 e. The third-order valence-corrected chi connectivity index (χ3v) is 4.15. The molecule has 1 amide bonds. The minimum atomic E-state index is -2.92. The van der Waals surface area contributed by atoms with E-state index in [2.05, 4.69) is 5.32 Å². The lowest BCUT2D eigenvalue weighted by Gasteiger charge is -2.23. The molecule has 1 heterocycles. The molecule has 1 atom stereocenters. The Labute approximate surface area is 85.0 Å². The van der Waals surface area contributed by atoms with Crippen molar-refractivity contribution in [1.82, 2.24) is 5.32 Å². The number of carbonyl (C=O) groups is 1. The normalized spacial score (nSPS) is 26.1. The minimum absolute atomic E-state index is 0.0629. The Kier molecular flexibility index (Phi) is 3.53. The van der Waals surface area contributed by atoms with Gasteiger partial charge in [0.1, 0.15) is 0 Å². The Morgan fingerprint density at radius 1 is 1.43 bits per heavy atom. The quantitative estimate of drug-likeness (QED) is 0.728. The molecule has 0 aromatic carbocycles. The van der Waals surface area contributed by atoms with Crippen molar-refractivity contribution in [2.24, 2.45) is 5.92 Å². The Morgan fingerprint density at radius 2 is 2.07 bits per heavy atom. The van der Waals surface area contributed by atoms with Crippen molar-refractivity contribution in [1.29, 1.82) is 0 Å². The fourth-order valence-corrected chi connectivity index (χ4v) is 3.14. The first-order chi connectivity index (χ1) is 6.41. The van der Waals surface area contributed by atoms with E-state index >= 15 is 0 Å². The Balaban J connectivity index is 2.50. The van der Waals surface area contributed by atoms with Crippen molar-refractivity contribution in [2.75, 3.05) is 11.5 Å². The summed E-state index contributed by atoms with van der Waals surface area (Å²) in [4.78, 5) is 11.3. The molecule has 1 aliphatic rings. The van der Waals surface area contributed by atoms with Crippen LogP contribution in [0.4, 0.5) is 0 Å². The zero-order valence-corrected chi connectivity index (χ0v) is 9.43. The molecule has 1 rings (SSSR count). The summed E-state index contributed by atoms with van der Waals surface area (Å²) in [6.45, 7) is 3.60. The van der Waals surface area contributed by atoms with Crippen LogP contribution in [0.15, 0.2) is 0 Å². The van der Waals surface area contributed by atoms with Crippen LogP contribution >= 0.6 is 0 Å². The van der Waals surface area contributed by atoms with Crippen molar-refractivity contribution in [3.8, 4) is 0 Å². The monoisotopic (exact) mass is 219 g/mol. The summed E-state index contributed by atoms with van der Waals surface area (Å²) in [6, 6.07) is -0.177. The molecular weight excluding hydrogens is 202 g/mol. The molecule has 0 bridgehead atoms. The van der Waals surface area contributed by atoms with Crippen LogP contribution in [-0.2, 0) is 14.6 Å². The minimum Gasteiger partial charge on any atom is -0.352 e. The number of carbonyl (C=O) groups excluding carboxylic acids is 1. The molecule has 1 aliphatic heterocycles. The van der Waals surface area contributed by atoms with E-state index < -0.39 is 9.84 Å². The second kappa shape index (κ2) is 4.29. The molecule has 0 aromatic heterocycles. The molecule has 1 saturated heterocycles. The van der Waals surface area contributed by atoms with Crippen LogP contribution in [0.2, 0.25) is 0 Å². The molecular formula is C9H17NO3S. The highest BCUT2D eigenvalue weighted by Crippen LogP contribution is 2.12. The van der Waals surface area contributed by atoms with Crippen LogP contribution in [-0.4, -0.2) is 31.9 Å². The summed E-state index contributed by atoms with van der Waals surface area (Å²) in [5, 5.41) is 2.76. The highest BCUT2D eigenvalue weighted by Gasteiger charge is 2.26. The van der Waals surface area contributed by atoms with Crippen LogP contribution in [0, 0.1) is 5.92 Å². The lowest BCUT2D eigenvalue weighted by molar-refractivity contribution is -0.124. The summed E-state index contributed by atoms with van der Waals surface area (Å²) in [5.41, 5.74) is 0. The van der Waals surface area contributed by atoms with Gasteiger partial charge in [-0.15, -0.1) is 0 Å². The van der Waals surface area contributed by atoms with Gasteiger partial charge in [-0.2, -0.15) is 0 Å². The predicted octanol–water partition coefficient (Wildman–Crippen LogP) is 0.336. The zero-order valence-electron chi connectivity index (χ0n) is 8.62. The van der Waals surface area contributed by atoms with Gasteiger partial charge in [0.2, 0.25) is 5.91 Å². The maximum absolute atomic E-state index is 11.3. The number of hydrogen-bond acceptors (Lipinski definition) is 3. The third-order valence-electron chi connectivity index (χ3n) is 2.33. The summed E-state index contributed by atoms with van der Waals surface area (Å²) in [5.74, 6) is 0.221. The number of nitrogens with one attached hydrogen (secondary N) is 1. The standard InChI is InChI=1S/C9H17NO3S/c1-7(2)9(11)10-8-4-3-5-14(12,13)6-8/h7-8H,3-6H2,1-2H3,(H,10,11). The molecule has 0 aliphatic carbocycles. The number of rotatable bonds is 2. The average molecular weight is 219 g/mol. The molecule has 0 spiro atoms. The van der Waals surface area contributed by atoms with Gasteiger partial charge in [-0.3, -0.25) is 4.79 Å². The van der Waals surface area contributed by atoms with Crippen molar-refractivity contribution in [3.63, 3.8) is 0 Å². The van der Waals surface area contributed by atoms with Crippen LogP contribution in [0.5, 0.6) is 0 Å². The number of amides is 1. The van der Waals surface area contributed by atoms with Gasteiger partial charge in [-0.1, -0.05) is 13.8 Å². The highest BCUT2D eigenvalue weighted by molar-refractivity contribution is 7.91. The van der Waals surface area contributed by atoms with Crippen molar-refractivity contribution in [2.45, 2.75) is 32.7 Å². The van der Waals surface area contributed by atoms with Gasteiger partial charge < -0.3 is 5.32 Å². The van der Waals surface area contributed by atoms with Gasteiger partial charge in [-0.25, -0.2) is 8.42 Å². The van der Waals surface area contributed by atoms with Crippen LogP contribution in [0.25, 0.3) is 0 Å². The van der Waals surface area contributed by atoms with Crippen molar-refractivity contribution in [3.05, 3.63) is 0 Å². The molecule has 1 fully saturated rings. The Bertz CT molecular complexity index is 308. The van der Waals surface area contributed by atoms with E-state index in [9.17, 15) is 13.2 Å². The SMILES string of the molecule is CC(C)C(=O)NC1CCCS(=O)(=O)C1. The molecule has 5 heteroatoms. The maximum atomic E-state index is 11.3. The van der Waals surface area contributed by atoms with E-state index in [4.69, 9.17) is 0 Å². The van der Waals surface area contributed by atoms with E-state index in [1.165, 1.54) is 0 Å². The summed E-state index contributed by atoms with van der Waals surface area (Å²) >= 11 is 0. The lowest BCUT2D eigenvalue weighted by Crippen LogP contribution is -2.44. The van der Waals surface area contributed by atoms with Crippen LogP contribution in [0.3, 0.4) is 0 Å². The molecule has 14 heavy (non-hydrogen) atoms. The first-order valence-corrected chi connectivity index (χ1v) is 6.73. The van der Waals surface area contributed by atoms with Crippen molar-refractivity contribution >= 4 is 15.7 Å². The molecule has 1 unspecified atom stereocenters. The van der Waals surface area contributed by atoms with Gasteiger partial charge in [0.25, 0.3) is 0 Å². The molecule has 0 aromatic rings. The molecule has 0 radical (unpaired) electrons. The topological polar surface area (TPSA) is 63.2 Å². The lowest BCUT2D eigenvalue weighted by atomic mass is 10.1. The van der Waals surface area contributed by atoms with Gasteiger partial charge in [0.05, 0.1) is 11.5 Å². The zero-order chi connectivity index (χ0) is 10.8. The van der Waals surface area contributed by atoms with E-state index in [0.717, 1.165) is 6.42 Å². The highest BCUT2D eigenvalue weighted by atomic mass is 32.2. The smallest absolute Gasteiger partial charge is 0.222 e. The number of sulfone groups is 1. The molecule has 82 valence electrons. The fraction of sp³-hybridized carbons (Fsp3) is 0.889. The average Bonchev–Trinajstić information content (AvgIpc) is 2.01. The van der Waals surface area contributed by atoms with E-state index in [1.54, 1.807) is 13.8 Å². The van der Waals surface area contributed by atoms with E-state index in [-0.39, 0.29) is 29.4 Å². The van der Waals surface area contributed by atoms with Crippen LogP contribution in [0.1, 0.15) is 26.7 Å². The van der Waals surface area contributed by atoms with Crippen molar-refractivity contribution < 1.29 is 13.2 Å². The first-order valence-electron chi connectivity index (χ1n) is 4.91. The summed E-state index contributed by atoms with van der Waals surface area (Å²) in [7, 11) is -2.92. The van der Waals surface area contributed by atoms with Gasteiger partial charge in [0, 0.05) is 12.0 Å². The predicted molar refractivity (Wildman–Crippen MR) is 54.7 cm³/mol. The second-order valence-electron chi connectivity index (χ2n) is 4.12. The molecule has 4 nitrogen and oxygen atoms in total. The molecule has 0 saturated carbocycles. The summed E-state index contributed by atoms with van der Waals surface area (Å²) < 4.78 is 22.5.